The molecule has 0 aliphatic rings. The van der Waals surface area contributed by atoms with E-state index in [0.29, 0.717) is 22.9 Å². The topological polar surface area (TPSA) is 50.2 Å². The van der Waals surface area contributed by atoms with Gasteiger partial charge in [0.1, 0.15) is 9.88 Å². The molecule has 106 valence electrons. The predicted octanol–water partition coefficient (Wildman–Crippen LogP) is 4.32. The molecule has 0 aliphatic heterocycles. The number of rotatable bonds is 4. The monoisotopic (exact) mass is 289 g/mol. The molecule has 0 bridgehead atoms. The van der Waals surface area contributed by atoms with Crippen LogP contribution >= 0.6 is 11.3 Å². The molecule has 1 N–H and O–H groups in total. The molecule has 20 heavy (non-hydrogen) atoms. The fourth-order valence-corrected chi connectivity index (χ4v) is 3.16. The maximum Gasteiger partial charge on any atom is 0.347 e. The van der Waals surface area contributed by atoms with Gasteiger partial charge in [-0.1, -0.05) is 32.0 Å². The molecule has 1 aromatic heterocycles. The lowest BCUT2D eigenvalue weighted by Gasteiger charge is -2.05. The van der Waals surface area contributed by atoms with Gasteiger partial charge in [-0.2, -0.15) is 0 Å². The SMILES string of the molecule is Cc1cccc(-c2nc(CC(C)C)c(C(=O)O)s2)c1C. The zero-order valence-corrected chi connectivity index (χ0v) is 13.0. The van der Waals surface area contributed by atoms with Gasteiger partial charge >= 0.3 is 5.97 Å². The molecule has 2 rings (SSSR count). The number of aryl methyl sites for hydroxylation is 1. The average molecular weight is 289 g/mol. The number of aromatic nitrogens is 1. The maximum atomic E-state index is 11.4. The first-order valence-electron chi connectivity index (χ1n) is 6.69. The van der Waals surface area contributed by atoms with Crippen LogP contribution in [0.5, 0.6) is 0 Å². The van der Waals surface area contributed by atoms with E-state index in [1.807, 2.05) is 12.1 Å². The molecule has 0 unspecified atom stereocenters. The maximum absolute atomic E-state index is 11.4. The summed E-state index contributed by atoms with van der Waals surface area (Å²) in [4.78, 5) is 16.3. The van der Waals surface area contributed by atoms with Crippen LogP contribution in [0.3, 0.4) is 0 Å². The smallest absolute Gasteiger partial charge is 0.347 e. The summed E-state index contributed by atoms with van der Waals surface area (Å²) in [6.07, 6.45) is 0.697. The molecule has 0 atom stereocenters. The van der Waals surface area contributed by atoms with Gasteiger partial charge in [0.15, 0.2) is 0 Å². The Morgan fingerprint density at radius 3 is 2.65 bits per heavy atom. The minimum Gasteiger partial charge on any atom is -0.477 e. The van der Waals surface area contributed by atoms with Crippen molar-refractivity contribution in [1.82, 2.24) is 4.98 Å². The molecule has 4 heteroatoms. The Kier molecular flexibility index (Phi) is 4.23. The second-order valence-electron chi connectivity index (χ2n) is 5.45. The Bertz CT molecular complexity index is 644. The van der Waals surface area contributed by atoms with Crippen molar-refractivity contribution in [2.45, 2.75) is 34.1 Å². The Labute approximate surface area is 123 Å². The van der Waals surface area contributed by atoms with Crippen LogP contribution in [0.1, 0.15) is 40.3 Å². The first-order valence-corrected chi connectivity index (χ1v) is 7.51. The highest BCUT2D eigenvalue weighted by Crippen LogP contribution is 2.32. The van der Waals surface area contributed by atoms with E-state index in [9.17, 15) is 9.90 Å². The molecule has 0 amide bonds. The predicted molar refractivity (Wildman–Crippen MR) is 82.5 cm³/mol. The lowest BCUT2D eigenvalue weighted by Crippen LogP contribution is -2.02. The van der Waals surface area contributed by atoms with Gasteiger partial charge < -0.3 is 5.11 Å². The second-order valence-corrected chi connectivity index (χ2v) is 6.44. The van der Waals surface area contributed by atoms with Crippen molar-refractivity contribution in [1.29, 1.82) is 0 Å². The van der Waals surface area contributed by atoms with Crippen LogP contribution < -0.4 is 0 Å². The van der Waals surface area contributed by atoms with E-state index in [4.69, 9.17) is 0 Å². The number of carbonyl (C=O) groups is 1. The molecular weight excluding hydrogens is 270 g/mol. The number of carboxylic acids is 1. The summed E-state index contributed by atoms with van der Waals surface area (Å²) < 4.78 is 0. The highest BCUT2D eigenvalue weighted by molar-refractivity contribution is 7.17. The molecule has 0 spiro atoms. The van der Waals surface area contributed by atoms with Crippen LogP contribution in [0.2, 0.25) is 0 Å². The third kappa shape index (κ3) is 2.90. The number of hydrogen-bond acceptors (Lipinski definition) is 3. The summed E-state index contributed by atoms with van der Waals surface area (Å²) in [5.74, 6) is -0.489. The average Bonchev–Trinajstić information content (AvgIpc) is 2.75. The van der Waals surface area contributed by atoms with Gasteiger partial charge in [-0.3, -0.25) is 0 Å². The molecular formula is C16H19NO2S. The molecule has 0 radical (unpaired) electrons. The fourth-order valence-electron chi connectivity index (χ4n) is 2.14. The van der Waals surface area contributed by atoms with Crippen LogP contribution in [-0.2, 0) is 6.42 Å². The van der Waals surface area contributed by atoms with Crippen LogP contribution in [-0.4, -0.2) is 16.1 Å². The van der Waals surface area contributed by atoms with Crippen LogP contribution in [0.4, 0.5) is 0 Å². The molecule has 0 fully saturated rings. The first kappa shape index (κ1) is 14.7. The van der Waals surface area contributed by atoms with Gasteiger partial charge in [0, 0.05) is 5.56 Å². The number of carboxylic acid groups (broad SMARTS) is 1. The van der Waals surface area contributed by atoms with Gasteiger partial charge in [-0.25, -0.2) is 9.78 Å². The van der Waals surface area contributed by atoms with Gasteiger partial charge in [0.25, 0.3) is 0 Å². The zero-order chi connectivity index (χ0) is 14.9. The first-order chi connectivity index (χ1) is 9.40. The van der Waals surface area contributed by atoms with Crippen LogP contribution in [0.15, 0.2) is 18.2 Å². The molecule has 0 saturated carbocycles. The second kappa shape index (κ2) is 5.75. The van der Waals surface area contributed by atoms with Gasteiger partial charge in [-0.15, -0.1) is 11.3 Å². The van der Waals surface area contributed by atoms with E-state index in [1.54, 1.807) is 0 Å². The van der Waals surface area contributed by atoms with Crippen molar-refractivity contribution in [2.75, 3.05) is 0 Å². The Balaban J connectivity index is 2.53. The number of nitrogens with zero attached hydrogens (tertiary/aromatic N) is 1. The quantitative estimate of drug-likeness (QED) is 0.911. The number of benzene rings is 1. The summed E-state index contributed by atoms with van der Waals surface area (Å²) >= 11 is 1.27. The van der Waals surface area contributed by atoms with E-state index in [0.717, 1.165) is 16.1 Å². The minimum absolute atomic E-state index is 0.370. The number of thiazole rings is 1. The lowest BCUT2D eigenvalue weighted by atomic mass is 10.0. The van der Waals surface area contributed by atoms with Gasteiger partial charge in [0.05, 0.1) is 5.69 Å². The Morgan fingerprint density at radius 2 is 2.05 bits per heavy atom. The normalized spacial score (nSPS) is 11.1. The molecule has 1 aromatic carbocycles. The van der Waals surface area contributed by atoms with Crippen molar-refractivity contribution >= 4 is 17.3 Å². The molecule has 3 nitrogen and oxygen atoms in total. The summed E-state index contributed by atoms with van der Waals surface area (Å²) in [7, 11) is 0. The van der Waals surface area contributed by atoms with E-state index >= 15 is 0 Å². The molecule has 0 aliphatic carbocycles. The van der Waals surface area contributed by atoms with Gasteiger partial charge in [-0.05, 0) is 37.3 Å². The highest BCUT2D eigenvalue weighted by Gasteiger charge is 2.19. The summed E-state index contributed by atoms with van der Waals surface area (Å²) in [5, 5.41) is 10.1. The van der Waals surface area contributed by atoms with Crippen molar-refractivity contribution in [2.24, 2.45) is 5.92 Å². The van der Waals surface area contributed by atoms with E-state index < -0.39 is 5.97 Å². The summed E-state index contributed by atoms with van der Waals surface area (Å²) in [6.45, 7) is 8.25. The summed E-state index contributed by atoms with van der Waals surface area (Å²) in [6, 6.07) is 6.05. The lowest BCUT2D eigenvalue weighted by molar-refractivity contribution is 0.0700. The Hall–Kier alpha value is -1.68. The highest BCUT2D eigenvalue weighted by atomic mass is 32.1. The van der Waals surface area contributed by atoms with Crippen LogP contribution in [0.25, 0.3) is 10.6 Å². The minimum atomic E-state index is -0.880. The van der Waals surface area contributed by atoms with Crippen molar-refractivity contribution < 1.29 is 9.90 Å². The van der Waals surface area contributed by atoms with E-state index in [-0.39, 0.29) is 0 Å². The van der Waals surface area contributed by atoms with Crippen LogP contribution in [0, 0.1) is 19.8 Å². The third-order valence-corrected chi connectivity index (χ3v) is 4.45. The number of aromatic carboxylic acids is 1. The third-order valence-electron chi connectivity index (χ3n) is 3.33. The Morgan fingerprint density at radius 1 is 1.35 bits per heavy atom. The largest absolute Gasteiger partial charge is 0.477 e. The van der Waals surface area contributed by atoms with E-state index in [2.05, 4.69) is 38.7 Å². The van der Waals surface area contributed by atoms with E-state index in [1.165, 1.54) is 16.9 Å². The van der Waals surface area contributed by atoms with Crippen molar-refractivity contribution in [3.8, 4) is 10.6 Å². The molecule has 1 heterocycles. The fraction of sp³-hybridized carbons (Fsp3) is 0.375. The zero-order valence-electron chi connectivity index (χ0n) is 12.2. The molecule has 0 saturated heterocycles. The number of hydrogen-bond donors (Lipinski definition) is 1. The van der Waals surface area contributed by atoms with Gasteiger partial charge in [0.2, 0.25) is 0 Å². The van der Waals surface area contributed by atoms with Crippen molar-refractivity contribution in [3.63, 3.8) is 0 Å². The standard InChI is InChI=1S/C16H19NO2S/c1-9(2)8-13-14(16(18)19)20-15(17-13)12-7-5-6-10(3)11(12)4/h5-7,9H,8H2,1-4H3,(H,18,19). The van der Waals surface area contributed by atoms with Crippen molar-refractivity contribution in [3.05, 3.63) is 39.9 Å². The molecule has 2 aromatic rings. The summed E-state index contributed by atoms with van der Waals surface area (Å²) in [5.41, 5.74) is 4.09.